The lowest BCUT2D eigenvalue weighted by Gasteiger charge is -2.25. The second-order valence-electron chi connectivity index (χ2n) is 5.23. The minimum Gasteiger partial charge on any atom is -0.387 e. The Morgan fingerprint density at radius 3 is 2.62 bits per heavy atom. The Labute approximate surface area is 126 Å². The van der Waals surface area contributed by atoms with Gasteiger partial charge >= 0.3 is 0 Å². The lowest BCUT2D eigenvalue weighted by atomic mass is 10.1. The third-order valence-corrected chi connectivity index (χ3v) is 4.46. The molecule has 0 aliphatic heterocycles. The fraction of sp³-hybridized carbons (Fsp3) is 0.312. The summed E-state index contributed by atoms with van der Waals surface area (Å²) in [6, 6.07) is 9.62. The van der Waals surface area contributed by atoms with E-state index >= 15 is 0 Å². The van der Waals surface area contributed by atoms with Gasteiger partial charge < -0.3 is 10.0 Å². The van der Waals surface area contributed by atoms with E-state index < -0.39 is 6.10 Å². The summed E-state index contributed by atoms with van der Waals surface area (Å²) >= 11 is 1.41. The number of aliphatic hydroxyl groups excluding tert-OH is 1. The van der Waals surface area contributed by atoms with Crippen LogP contribution in [-0.2, 0) is 0 Å². The summed E-state index contributed by atoms with van der Waals surface area (Å²) in [7, 11) is 0. The van der Waals surface area contributed by atoms with E-state index in [0.717, 1.165) is 12.8 Å². The Morgan fingerprint density at radius 2 is 2.05 bits per heavy atom. The number of amides is 1. The Bertz CT molecular complexity index is 608. The van der Waals surface area contributed by atoms with E-state index in [-0.39, 0.29) is 24.3 Å². The van der Waals surface area contributed by atoms with Crippen LogP contribution in [0, 0.1) is 5.82 Å². The number of hydrogen-bond acceptors (Lipinski definition) is 3. The largest absolute Gasteiger partial charge is 0.387 e. The average Bonchev–Trinajstić information content (AvgIpc) is 3.18. The highest BCUT2D eigenvalue weighted by molar-refractivity contribution is 7.12. The molecule has 1 fully saturated rings. The zero-order valence-corrected chi connectivity index (χ0v) is 12.2. The molecule has 1 aliphatic rings. The van der Waals surface area contributed by atoms with Crippen molar-refractivity contribution in [2.45, 2.75) is 25.0 Å². The fourth-order valence-corrected chi connectivity index (χ4v) is 2.98. The van der Waals surface area contributed by atoms with Crippen LogP contribution >= 0.6 is 11.3 Å². The molecule has 1 aromatic heterocycles. The van der Waals surface area contributed by atoms with Gasteiger partial charge in [0, 0.05) is 6.04 Å². The number of halogens is 1. The van der Waals surface area contributed by atoms with Crippen LogP contribution in [0.1, 0.15) is 34.2 Å². The van der Waals surface area contributed by atoms with Crippen molar-refractivity contribution in [3.05, 3.63) is 58.0 Å². The number of benzene rings is 1. The van der Waals surface area contributed by atoms with Gasteiger partial charge in [0.2, 0.25) is 0 Å². The van der Waals surface area contributed by atoms with Crippen molar-refractivity contribution in [1.82, 2.24) is 4.90 Å². The predicted molar refractivity (Wildman–Crippen MR) is 79.7 cm³/mol. The van der Waals surface area contributed by atoms with Gasteiger partial charge in [-0.2, -0.15) is 0 Å². The first kappa shape index (κ1) is 14.2. The number of thiophene rings is 1. The zero-order valence-electron chi connectivity index (χ0n) is 11.4. The summed E-state index contributed by atoms with van der Waals surface area (Å²) in [4.78, 5) is 14.9. The summed E-state index contributed by atoms with van der Waals surface area (Å²) in [5, 5.41) is 12.2. The van der Waals surface area contributed by atoms with Gasteiger partial charge in [-0.05, 0) is 42.0 Å². The average molecular weight is 305 g/mol. The van der Waals surface area contributed by atoms with Gasteiger partial charge in [-0.25, -0.2) is 4.39 Å². The number of nitrogens with zero attached hydrogens (tertiary/aromatic N) is 1. The maximum absolute atomic E-state index is 12.9. The first-order valence-electron chi connectivity index (χ1n) is 6.93. The lowest BCUT2D eigenvalue weighted by Crippen LogP contribution is -2.36. The molecule has 1 saturated carbocycles. The second-order valence-corrected chi connectivity index (χ2v) is 6.18. The Hall–Kier alpha value is -1.72. The molecule has 0 saturated heterocycles. The molecule has 5 heteroatoms. The third-order valence-electron chi connectivity index (χ3n) is 3.60. The van der Waals surface area contributed by atoms with E-state index in [4.69, 9.17) is 0 Å². The highest BCUT2D eigenvalue weighted by Gasteiger charge is 2.34. The molecule has 2 aromatic rings. The molecule has 1 N–H and O–H groups in total. The molecular formula is C16H16FNO2S. The number of carbonyl (C=O) groups excluding carboxylic acids is 1. The minimum atomic E-state index is -0.796. The SMILES string of the molecule is O=C(c1cccs1)N(CC(O)c1ccc(F)cc1)C1CC1. The predicted octanol–water partition coefficient (Wildman–Crippen LogP) is 3.23. The van der Waals surface area contributed by atoms with Crippen LogP contribution in [0.15, 0.2) is 41.8 Å². The molecule has 3 nitrogen and oxygen atoms in total. The van der Waals surface area contributed by atoms with Crippen molar-refractivity contribution >= 4 is 17.2 Å². The van der Waals surface area contributed by atoms with E-state index in [1.807, 2.05) is 11.4 Å². The van der Waals surface area contributed by atoms with Crippen molar-refractivity contribution in [3.8, 4) is 0 Å². The van der Waals surface area contributed by atoms with Crippen LogP contribution in [0.5, 0.6) is 0 Å². The molecule has 1 heterocycles. The summed E-state index contributed by atoms with van der Waals surface area (Å²) in [6.07, 6.45) is 1.16. The summed E-state index contributed by atoms with van der Waals surface area (Å²) in [5.41, 5.74) is 0.626. The number of rotatable bonds is 5. The molecule has 0 spiro atoms. The van der Waals surface area contributed by atoms with Gasteiger partial charge in [-0.15, -0.1) is 11.3 Å². The molecule has 1 aromatic carbocycles. The highest BCUT2D eigenvalue weighted by Crippen LogP contribution is 2.31. The van der Waals surface area contributed by atoms with Crippen LogP contribution in [-0.4, -0.2) is 28.5 Å². The maximum atomic E-state index is 12.9. The van der Waals surface area contributed by atoms with Crippen LogP contribution in [0.4, 0.5) is 4.39 Å². The quantitative estimate of drug-likeness (QED) is 0.921. The fourth-order valence-electron chi connectivity index (χ4n) is 2.30. The number of aliphatic hydroxyl groups is 1. The van der Waals surface area contributed by atoms with Crippen LogP contribution in [0.2, 0.25) is 0 Å². The lowest BCUT2D eigenvalue weighted by molar-refractivity contribution is 0.0607. The van der Waals surface area contributed by atoms with Crippen LogP contribution in [0.25, 0.3) is 0 Å². The topological polar surface area (TPSA) is 40.5 Å². The van der Waals surface area contributed by atoms with Crippen molar-refractivity contribution in [2.75, 3.05) is 6.54 Å². The molecule has 0 radical (unpaired) electrons. The molecular weight excluding hydrogens is 289 g/mol. The Balaban J connectivity index is 1.73. The standard InChI is InChI=1S/C16H16FNO2S/c17-12-5-3-11(4-6-12)14(19)10-18(13-7-8-13)16(20)15-2-1-9-21-15/h1-6,9,13-14,19H,7-8,10H2. The Morgan fingerprint density at radius 1 is 1.33 bits per heavy atom. The molecule has 1 atom stereocenters. The minimum absolute atomic E-state index is 0.0336. The molecule has 3 rings (SSSR count). The number of hydrogen-bond donors (Lipinski definition) is 1. The van der Waals surface area contributed by atoms with Crippen molar-refractivity contribution < 1.29 is 14.3 Å². The van der Waals surface area contributed by atoms with E-state index in [1.54, 1.807) is 23.1 Å². The van der Waals surface area contributed by atoms with Gasteiger partial charge in [0.15, 0.2) is 0 Å². The van der Waals surface area contributed by atoms with Gasteiger partial charge in [-0.1, -0.05) is 18.2 Å². The van der Waals surface area contributed by atoms with Gasteiger partial charge in [0.25, 0.3) is 5.91 Å². The van der Waals surface area contributed by atoms with E-state index in [9.17, 15) is 14.3 Å². The smallest absolute Gasteiger partial charge is 0.264 e. The van der Waals surface area contributed by atoms with Crippen molar-refractivity contribution in [3.63, 3.8) is 0 Å². The summed E-state index contributed by atoms with van der Waals surface area (Å²) in [6.45, 7) is 0.243. The Kier molecular flexibility index (Phi) is 4.03. The molecule has 1 unspecified atom stereocenters. The van der Waals surface area contributed by atoms with Crippen LogP contribution in [0.3, 0.4) is 0 Å². The van der Waals surface area contributed by atoms with Gasteiger partial charge in [0.05, 0.1) is 17.5 Å². The number of carbonyl (C=O) groups is 1. The molecule has 110 valence electrons. The van der Waals surface area contributed by atoms with Crippen LogP contribution < -0.4 is 0 Å². The van der Waals surface area contributed by atoms with E-state index in [1.165, 1.54) is 23.5 Å². The van der Waals surface area contributed by atoms with Gasteiger partial charge in [0.1, 0.15) is 5.82 Å². The molecule has 0 bridgehead atoms. The second kappa shape index (κ2) is 5.95. The molecule has 1 aliphatic carbocycles. The molecule has 1 amide bonds. The van der Waals surface area contributed by atoms with E-state index in [2.05, 4.69) is 0 Å². The zero-order chi connectivity index (χ0) is 14.8. The summed E-state index contributed by atoms with van der Waals surface area (Å²) < 4.78 is 12.9. The van der Waals surface area contributed by atoms with Crippen molar-refractivity contribution in [2.24, 2.45) is 0 Å². The first-order valence-corrected chi connectivity index (χ1v) is 7.81. The third kappa shape index (κ3) is 3.31. The monoisotopic (exact) mass is 305 g/mol. The summed E-state index contributed by atoms with van der Waals surface area (Å²) in [5.74, 6) is -0.367. The van der Waals surface area contributed by atoms with Gasteiger partial charge in [-0.3, -0.25) is 4.79 Å². The maximum Gasteiger partial charge on any atom is 0.264 e. The van der Waals surface area contributed by atoms with Crippen molar-refractivity contribution in [1.29, 1.82) is 0 Å². The first-order chi connectivity index (χ1) is 10.1. The highest BCUT2D eigenvalue weighted by atomic mass is 32.1. The molecule has 21 heavy (non-hydrogen) atoms. The normalized spacial score (nSPS) is 15.7. The van der Waals surface area contributed by atoms with E-state index in [0.29, 0.717) is 10.4 Å².